The molecular weight excluding hydrogens is 903 g/mol. The number of benzene rings is 9. The lowest BCUT2D eigenvalue weighted by atomic mass is 9.86. The maximum absolute atomic E-state index is 3.36. The number of rotatable bonds is 7. The van der Waals surface area contributed by atoms with Gasteiger partial charge >= 0.3 is 0 Å². The van der Waals surface area contributed by atoms with Crippen LogP contribution in [0, 0.1) is 27.7 Å². The number of aromatic nitrogens is 1. The fourth-order valence-electron chi connectivity index (χ4n) is 8.90. The first-order valence-corrected chi connectivity index (χ1v) is 27.6. The van der Waals surface area contributed by atoms with Crippen LogP contribution in [0.3, 0.4) is 0 Å². The van der Waals surface area contributed by atoms with Gasteiger partial charge in [0.1, 0.15) is 0 Å². The number of hydrogen-bond donors (Lipinski definition) is 0. The van der Waals surface area contributed by atoms with E-state index in [0.717, 1.165) is 12.8 Å². The van der Waals surface area contributed by atoms with E-state index >= 15 is 0 Å². The Labute approximate surface area is 455 Å². The van der Waals surface area contributed by atoms with Crippen LogP contribution >= 0.6 is 0 Å². The lowest BCUT2D eigenvalue weighted by molar-refractivity contribution is 0.641. The summed E-state index contributed by atoms with van der Waals surface area (Å²) >= 11 is 0. The molecular formula is C74H89N. The lowest BCUT2D eigenvalue weighted by Crippen LogP contribution is -2.03. The Balaban J connectivity index is 0.000000291. The fraction of sp³-hybridized carbons (Fsp3) is 0.243. The molecule has 75 heavy (non-hydrogen) atoms. The summed E-state index contributed by atoms with van der Waals surface area (Å²) in [6, 6.07) is 78.1. The standard InChI is InChI=1S/C31H31N.C20H18.2C7H8.C3H6.3C2H6/c1-6-23-13-7-8-15-25(23)30-22(5)31-28(19-27(30)24-14-11-12-21(4)18-24)26-16-9-10-17-29(26)32(31)20(2)3;1-2-16-8-6-11-18(14-16)20-13-7-12-19(15-20)17-9-4-3-5-10-17;2*1-7-5-3-2-4-6-7;1-3-2;3*1-2/h7-20H,6H2,1-5H3;3-15H,2H2,1H3;2*2-6H,1H3;3H,1H2,2H3;3*1-2H3. The van der Waals surface area contributed by atoms with Crippen LogP contribution in [0.5, 0.6) is 0 Å². The first-order chi connectivity index (χ1) is 36.6. The van der Waals surface area contributed by atoms with Crippen molar-refractivity contribution in [2.75, 3.05) is 0 Å². The zero-order valence-corrected chi connectivity index (χ0v) is 48.5. The van der Waals surface area contributed by atoms with Crippen molar-refractivity contribution < 1.29 is 0 Å². The molecule has 390 valence electrons. The second kappa shape index (κ2) is 34.1. The summed E-state index contributed by atoms with van der Waals surface area (Å²) in [4.78, 5) is 0. The molecule has 0 bridgehead atoms. The van der Waals surface area contributed by atoms with Crippen LogP contribution < -0.4 is 0 Å². The molecule has 9 aromatic carbocycles. The van der Waals surface area contributed by atoms with Crippen LogP contribution in [0.1, 0.15) is 116 Å². The molecule has 0 spiro atoms. The van der Waals surface area contributed by atoms with Crippen LogP contribution in [0.2, 0.25) is 0 Å². The van der Waals surface area contributed by atoms with Gasteiger partial charge in [0.15, 0.2) is 0 Å². The summed E-state index contributed by atoms with van der Waals surface area (Å²) in [6.45, 7) is 34.9. The van der Waals surface area contributed by atoms with Crippen molar-refractivity contribution >= 4 is 21.8 Å². The second-order valence-electron chi connectivity index (χ2n) is 17.9. The number of allylic oxidation sites excluding steroid dienone is 1. The van der Waals surface area contributed by atoms with E-state index in [1.807, 2.05) is 84.9 Å². The first kappa shape index (κ1) is 61.8. The number of para-hydroxylation sites is 1. The SMILES string of the molecule is C=CC.CC.CC.CC.CCc1cccc(-c2cccc(-c3ccccc3)c2)c1.CCc1ccccc1-c1c(-c2cccc(C)c2)cc2c3ccccc3n(C(C)C)c2c1C.Cc1ccccc1.Cc1ccccc1. The summed E-state index contributed by atoms with van der Waals surface area (Å²) in [5, 5.41) is 2.68. The Kier molecular flexibility index (Phi) is 28.1. The Morgan fingerprint density at radius 2 is 0.853 bits per heavy atom. The number of fused-ring (bicyclic) bond motifs is 3. The molecule has 0 N–H and O–H groups in total. The van der Waals surface area contributed by atoms with Crippen molar-refractivity contribution in [3.05, 3.63) is 264 Å². The minimum Gasteiger partial charge on any atom is -0.338 e. The van der Waals surface area contributed by atoms with E-state index < -0.39 is 0 Å². The van der Waals surface area contributed by atoms with Gasteiger partial charge in [-0.25, -0.2) is 0 Å². The third-order valence-electron chi connectivity index (χ3n) is 12.3. The van der Waals surface area contributed by atoms with Crippen molar-refractivity contribution in [2.24, 2.45) is 0 Å². The quantitative estimate of drug-likeness (QED) is 0.140. The Morgan fingerprint density at radius 1 is 0.413 bits per heavy atom. The van der Waals surface area contributed by atoms with Crippen LogP contribution in [-0.2, 0) is 12.8 Å². The molecule has 0 aliphatic carbocycles. The average Bonchev–Trinajstić information content (AvgIpc) is 3.81. The molecule has 0 fully saturated rings. The van der Waals surface area contributed by atoms with E-state index in [0.29, 0.717) is 6.04 Å². The molecule has 0 radical (unpaired) electrons. The van der Waals surface area contributed by atoms with Gasteiger partial charge in [0.05, 0.1) is 5.52 Å². The maximum atomic E-state index is 3.36. The van der Waals surface area contributed by atoms with Gasteiger partial charge < -0.3 is 4.57 Å². The highest BCUT2D eigenvalue weighted by atomic mass is 15.0. The van der Waals surface area contributed by atoms with E-state index in [1.165, 1.54) is 99.7 Å². The van der Waals surface area contributed by atoms with Crippen molar-refractivity contribution in [1.29, 1.82) is 0 Å². The molecule has 10 aromatic rings. The molecule has 1 aromatic heterocycles. The normalized spacial score (nSPS) is 9.81. The minimum atomic E-state index is 0.384. The van der Waals surface area contributed by atoms with Crippen LogP contribution in [-0.4, -0.2) is 4.57 Å². The van der Waals surface area contributed by atoms with Gasteiger partial charge in [-0.1, -0.05) is 278 Å². The molecule has 10 rings (SSSR count). The Hall–Kier alpha value is -7.48. The third kappa shape index (κ3) is 17.9. The largest absolute Gasteiger partial charge is 0.338 e. The molecule has 0 unspecified atom stereocenters. The summed E-state index contributed by atoms with van der Waals surface area (Å²) in [7, 11) is 0. The molecule has 0 saturated heterocycles. The summed E-state index contributed by atoms with van der Waals surface area (Å²) in [6.07, 6.45) is 3.85. The van der Waals surface area contributed by atoms with Crippen molar-refractivity contribution in [1.82, 2.24) is 4.57 Å². The zero-order valence-electron chi connectivity index (χ0n) is 48.5. The maximum Gasteiger partial charge on any atom is 0.0530 e. The predicted octanol–water partition coefficient (Wildman–Crippen LogP) is 22.7. The minimum absolute atomic E-state index is 0.384. The summed E-state index contributed by atoms with van der Waals surface area (Å²) in [5.41, 5.74) is 21.2. The van der Waals surface area contributed by atoms with E-state index in [9.17, 15) is 0 Å². The Morgan fingerprint density at radius 3 is 1.37 bits per heavy atom. The van der Waals surface area contributed by atoms with E-state index in [-0.39, 0.29) is 0 Å². The van der Waals surface area contributed by atoms with Crippen LogP contribution in [0.15, 0.2) is 231 Å². The monoisotopic (exact) mass is 992 g/mol. The number of aryl methyl sites for hydroxylation is 6. The Bertz CT molecular complexity index is 3110. The van der Waals surface area contributed by atoms with Crippen LogP contribution in [0.4, 0.5) is 0 Å². The molecule has 1 nitrogen and oxygen atoms in total. The molecule has 0 aliphatic heterocycles. The van der Waals surface area contributed by atoms with E-state index in [2.05, 4.69) is 249 Å². The van der Waals surface area contributed by atoms with Gasteiger partial charge in [0, 0.05) is 22.3 Å². The topological polar surface area (TPSA) is 4.93 Å². The predicted molar refractivity (Wildman–Crippen MR) is 339 cm³/mol. The zero-order chi connectivity index (χ0) is 55.1. The van der Waals surface area contributed by atoms with Gasteiger partial charge in [0.2, 0.25) is 0 Å². The number of nitrogens with zero attached hydrogens (tertiary/aromatic N) is 1. The van der Waals surface area contributed by atoms with Gasteiger partial charge in [-0.05, 0) is 141 Å². The van der Waals surface area contributed by atoms with E-state index in [4.69, 9.17) is 0 Å². The third-order valence-corrected chi connectivity index (χ3v) is 12.3. The summed E-state index contributed by atoms with van der Waals surface area (Å²) in [5.74, 6) is 0. The molecule has 0 amide bonds. The van der Waals surface area contributed by atoms with Crippen LogP contribution in [0.25, 0.3) is 66.3 Å². The van der Waals surface area contributed by atoms with Crippen molar-refractivity contribution in [2.45, 2.75) is 123 Å². The first-order valence-electron chi connectivity index (χ1n) is 27.6. The van der Waals surface area contributed by atoms with Gasteiger partial charge in [-0.3, -0.25) is 0 Å². The molecule has 0 atom stereocenters. The lowest BCUT2D eigenvalue weighted by Gasteiger charge is -2.20. The van der Waals surface area contributed by atoms with Crippen molar-refractivity contribution in [3.63, 3.8) is 0 Å². The molecule has 1 heterocycles. The molecule has 1 heteroatoms. The number of hydrogen-bond acceptors (Lipinski definition) is 0. The smallest absolute Gasteiger partial charge is 0.0530 e. The van der Waals surface area contributed by atoms with Gasteiger partial charge in [0.25, 0.3) is 0 Å². The highest BCUT2D eigenvalue weighted by molar-refractivity contribution is 6.13. The summed E-state index contributed by atoms with van der Waals surface area (Å²) < 4.78 is 2.53. The highest BCUT2D eigenvalue weighted by Crippen LogP contribution is 2.44. The van der Waals surface area contributed by atoms with Gasteiger partial charge in [-0.15, -0.1) is 6.58 Å². The highest BCUT2D eigenvalue weighted by Gasteiger charge is 2.22. The molecule has 0 saturated carbocycles. The van der Waals surface area contributed by atoms with Crippen molar-refractivity contribution in [3.8, 4) is 44.5 Å². The average molecular weight is 993 g/mol. The molecule has 0 aliphatic rings. The fourth-order valence-corrected chi connectivity index (χ4v) is 8.90. The van der Waals surface area contributed by atoms with E-state index in [1.54, 1.807) is 6.08 Å². The van der Waals surface area contributed by atoms with Gasteiger partial charge in [-0.2, -0.15) is 0 Å². The second-order valence-corrected chi connectivity index (χ2v) is 17.9.